The molecular formula is C15H29FO2S. The van der Waals surface area contributed by atoms with Crippen molar-refractivity contribution in [2.45, 2.75) is 77.3 Å². The van der Waals surface area contributed by atoms with Gasteiger partial charge in [-0.25, -0.2) is 4.39 Å². The zero-order valence-electron chi connectivity index (χ0n) is 12.2. The largest absolute Gasteiger partial charge is 0.481 e. The molecule has 0 unspecified atom stereocenters. The lowest BCUT2D eigenvalue weighted by Gasteiger charge is -2.06. The Morgan fingerprint density at radius 1 is 1.05 bits per heavy atom. The van der Waals surface area contributed by atoms with Crippen molar-refractivity contribution in [3.8, 4) is 0 Å². The van der Waals surface area contributed by atoms with Crippen molar-refractivity contribution in [2.24, 2.45) is 0 Å². The molecule has 0 aromatic carbocycles. The van der Waals surface area contributed by atoms with Crippen LogP contribution in [0.25, 0.3) is 0 Å². The summed E-state index contributed by atoms with van der Waals surface area (Å²) in [6.07, 6.45) is 9.07. The summed E-state index contributed by atoms with van der Waals surface area (Å²) in [5.74, 6) is 1.09. The smallest absolute Gasteiger partial charge is 0.304 e. The van der Waals surface area contributed by atoms with Gasteiger partial charge in [0, 0.05) is 5.75 Å². The fourth-order valence-corrected chi connectivity index (χ4v) is 2.93. The molecule has 0 aliphatic heterocycles. The molecule has 0 aromatic heterocycles. The molecule has 0 amide bonds. The lowest BCUT2D eigenvalue weighted by Crippen LogP contribution is -1.98. The zero-order chi connectivity index (χ0) is 14.3. The first-order chi connectivity index (χ1) is 9.16. The van der Waals surface area contributed by atoms with Crippen LogP contribution >= 0.6 is 11.8 Å². The number of unbranched alkanes of at least 4 members (excludes halogenated alkanes) is 5. The summed E-state index contributed by atoms with van der Waals surface area (Å²) >= 11 is 1.73. The third kappa shape index (κ3) is 15.7. The van der Waals surface area contributed by atoms with Gasteiger partial charge in [-0.1, -0.05) is 45.4 Å². The second-order valence-electron chi connectivity index (χ2n) is 5.05. The highest BCUT2D eigenvalue weighted by Gasteiger charge is 2.03. The first kappa shape index (κ1) is 18.8. The summed E-state index contributed by atoms with van der Waals surface area (Å²) in [6, 6.07) is 0. The van der Waals surface area contributed by atoms with E-state index in [1.54, 1.807) is 11.8 Å². The molecule has 0 saturated heterocycles. The Bertz CT molecular complexity index is 212. The number of carboxylic acids is 1. The Labute approximate surface area is 121 Å². The van der Waals surface area contributed by atoms with E-state index in [4.69, 9.17) is 5.11 Å². The van der Waals surface area contributed by atoms with Crippen molar-refractivity contribution in [3.63, 3.8) is 0 Å². The highest BCUT2D eigenvalue weighted by molar-refractivity contribution is 7.99. The standard InChI is InChI=1S/C15H29FO2S/c1-2-9-14(16)10-7-5-3-4-6-8-12-19-13-11-15(17)18/h14H,2-13H2,1H3,(H,17,18)/t14-/m1/s1. The van der Waals surface area contributed by atoms with E-state index in [2.05, 4.69) is 0 Å². The maximum atomic E-state index is 13.2. The molecule has 1 atom stereocenters. The maximum Gasteiger partial charge on any atom is 0.304 e. The molecule has 0 radical (unpaired) electrons. The Morgan fingerprint density at radius 3 is 2.32 bits per heavy atom. The van der Waals surface area contributed by atoms with Crippen molar-refractivity contribution in [2.75, 3.05) is 11.5 Å². The number of carboxylic acid groups (broad SMARTS) is 1. The summed E-state index contributed by atoms with van der Waals surface area (Å²) in [5.41, 5.74) is 0. The van der Waals surface area contributed by atoms with Crippen LogP contribution in [0.4, 0.5) is 4.39 Å². The van der Waals surface area contributed by atoms with Gasteiger partial charge < -0.3 is 5.11 Å². The second kappa shape index (κ2) is 14.2. The highest BCUT2D eigenvalue weighted by Crippen LogP contribution is 2.14. The first-order valence-corrected chi connectivity index (χ1v) is 8.76. The van der Waals surface area contributed by atoms with Crippen molar-refractivity contribution in [1.29, 1.82) is 0 Å². The predicted octanol–water partition coefficient (Wildman–Crippen LogP) is 5.06. The molecule has 0 saturated carbocycles. The normalized spacial score (nSPS) is 12.5. The lowest BCUT2D eigenvalue weighted by molar-refractivity contribution is -0.136. The molecule has 0 aromatic rings. The molecule has 0 aliphatic carbocycles. The third-order valence-electron chi connectivity index (χ3n) is 3.12. The minimum Gasteiger partial charge on any atom is -0.481 e. The number of alkyl halides is 1. The predicted molar refractivity (Wildman–Crippen MR) is 81.7 cm³/mol. The minimum absolute atomic E-state index is 0.271. The van der Waals surface area contributed by atoms with Crippen LogP contribution in [0.5, 0.6) is 0 Å². The van der Waals surface area contributed by atoms with Crippen molar-refractivity contribution < 1.29 is 14.3 Å². The molecule has 114 valence electrons. The van der Waals surface area contributed by atoms with Gasteiger partial charge in [0.1, 0.15) is 6.17 Å². The number of halogens is 1. The number of hydrogen-bond donors (Lipinski definition) is 1. The van der Waals surface area contributed by atoms with Gasteiger partial charge in [0.15, 0.2) is 0 Å². The van der Waals surface area contributed by atoms with Gasteiger partial charge in [-0.15, -0.1) is 0 Å². The number of rotatable bonds is 14. The van der Waals surface area contributed by atoms with Crippen molar-refractivity contribution >= 4 is 17.7 Å². The topological polar surface area (TPSA) is 37.3 Å². The average molecular weight is 292 g/mol. The molecule has 0 rings (SSSR count). The third-order valence-corrected chi connectivity index (χ3v) is 4.19. The van der Waals surface area contributed by atoms with E-state index in [1.165, 1.54) is 25.7 Å². The van der Waals surface area contributed by atoms with Crippen LogP contribution in [-0.2, 0) is 4.79 Å². The van der Waals surface area contributed by atoms with Crippen LogP contribution in [0.3, 0.4) is 0 Å². The molecule has 1 N–H and O–H groups in total. The molecular weight excluding hydrogens is 263 g/mol. The molecule has 19 heavy (non-hydrogen) atoms. The van der Waals surface area contributed by atoms with E-state index in [1.807, 2.05) is 6.92 Å². The molecule has 2 nitrogen and oxygen atoms in total. The fraction of sp³-hybridized carbons (Fsp3) is 0.933. The van der Waals surface area contributed by atoms with Gasteiger partial charge >= 0.3 is 5.97 Å². The summed E-state index contributed by atoms with van der Waals surface area (Å²) in [6.45, 7) is 2.03. The van der Waals surface area contributed by atoms with Gasteiger partial charge in [0.2, 0.25) is 0 Å². The summed E-state index contributed by atoms with van der Waals surface area (Å²) in [5, 5.41) is 8.47. The van der Waals surface area contributed by atoms with Gasteiger partial charge in [0.05, 0.1) is 6.42 Å². The van der Waals surface area contributed by atoms with Crippen LogP contribution in [0.1, 0.15) is 71.1 Å². The molecule has 4 heteroatoms. The second-order valence-corrected chi connectivity index (χ2v) is 6.28. The van der Waals surface area contributed by atoms with E-state index in [9.17, 15) is 9.18 Å². The van der Waals surface area contributed by atoms with Crippen molar-refractivity contribution in [3.05, 3.63) is 0 Å². The van der Waals surface area contributed by atoms with Gasteiger partial charge in [-0.3, -0.25) is 4.79 Å². The first-order valence-electron chi connectivity index (χ1n) is 7.60. The molecule has 0 spiro atoms. The Kier molecular flexibility index (Phi) is 14.0. The average Bonchev–Trinajstić information content (AvgIpc) is 2.36. The number of thioether (sulfide) groups is 1. The molecule has 0 bridgehead atoms. The van der Waals surface area contributed by atoms with Crippen LogP contribution in [0.2, 0.25) is 0 Å². The highest BCUT2D eigenvalue weighted by atomic mass is 32.2. The van der Waals surface area contributed by atoms with E-state index in [-0.39, 0.29) is 6.42 Å². The van der Waals surface area contributed by atoms with Gasteiger partial charge in [-0.05, 0) is 25.0 Å². The minimum atomic E-state index is -0.707. The Hall–Kier alpha value is -0.250. The zero-order valence-corrected chi connectivity index (χ0v) is 13.0. The molecule has 0 aliphatic rings. The van der Waals surface area contributed by atoms with Gasteiger partial charge in [-0.2, -0.15) is 11.8 Å². The summed E-state index contributed by atoms with van der Waals surface area (Å²) in [4.78, 5) is 10.3. The van der Waals surface area contributed by atoms with Crippen LogP contribution in [0.15, 0.2) is 0 Å². The quantitative estimate of drug-likeness (QED) is 0.454. The maximum absolute atomic E-state index is 13.2. The Balaban J connectivity index is 3.04. The van der Waals surface area contributed by atoms with E-state index in [0.29, 0.717) is 6.42 Å². The fourth-order valence-electron chi connectivity index (χ4n) is 2.00. The number of aliphatic carboxylic acids is 1. The SMILES string of the molecule is CCC[C@@H](F)CCCCCCCCSCCC(=O)O. The van der Waals surface area contributed by atoms with Crippen molar-refractivity contribution in [1.82, 2.24) is 0 Å². The monoisotopic (exact) mass is 292 g/mol. The van der Waals surface area contributed by atoms with Crippen LogP contribution in [0, 0.1) is 0 Å². The number of carbonyl (C=O) groups is 1. The Morgan fingerprint density at radius 2 is 1.68 bits per heavy atom. The summed E-state index contributed by atoms with van der Waals surface area (Å²) in [7, 11) is 0. The van der Waals surface area contributed by atoms with Crippen LogP contribution < -0.4 is 0 Å². The van der Waals surface area contributed by atoms with Gasteiger partial charge in [0.25, 0.3) is 0 Å². The van der Waals surface area contributed by atoms with E-state index < -0.39 is 12.1 Å². The molecule has 0 heterocycles. The van der Waals surface area contributed by atoms with E-state index >= 15 is 0 Å². The summed E-state index contributed by atoms with van der Waals surface area (Å²) < 4.78 is 13.2. The van der Waals surface area contributed by atoms with Crippen LogP contribution in [-0.4, -0.2) is 28.8 Å². The molecule has 0 fully saturated rings. The lowest BCUT2D eigenvalue weighted by atomic mass is 10.1. The number of hydrogen-bond acceptors (Lipinski definition) is 2. The van der Waals surface area contributed by atoms with E-state index in [0.717, 1.165) is 37.2 Å².